The molecule has 0 rings (SSSR count). The second kappa shape index (κ2) is 6.14. The maximum atomic E-state index is 5.44. The van der Waals surface area contributed by atoms with Gasteiger partial charge in [-0.1, -0.05) is 0 Å². The van der Waals surface area contributed by atoms with Crippen LogP contribution in [0.2, 0.25) is 0 Å². The summed E-state index contributed by atoms with van der Waals surface area (Å²) in [7, 11) is 0. The van der Waals surface area contributed by atoms with Crippen molar-refractivity contribution in [3.8, 4) is 0 Å². The summed E-state index contributed by atoms with van der Waals surface area (Å²) >= 11 is 0. The summed E-state index contributed by atoms with van der Waals surface area (Å²) < 4.78 is 10.6. The van der Waals surface area contributed by atoms with Gasteiger partial charge in [0.05, 0.1) is 32.0 Å². The van der Waals surface area contributed by atoms with Gasteiger partial charge in [-0.2, -0.15) is 0 Å². The van der Waals surface area contributed by atoms with Gasteiger partial charge >= 0.3 is 0 Å². The Morgan fingerprint density at radius 3 is 2.33 bits per heavy atom. The van der Waals surface area contributed by atoms with Crippen molar-refractivity contribution in [1.82, 2.24) is 0 Å². The van der Waals surface area contributed by atoms with Crippen LogP contribution < -0.4 is 0 Å². The van der Waals surface area contributed by atoms with E-state index in [0.29, 0.717) is 26.4 Å². The van der Waals surface area contributed by atoms with E-state index < -0.39 is 0 Å². The lowest BCUT2D eigenvalue weighted by Gasteiger charge is -2.19. The molecule has 0 radical (unpaired) electrons. The van der Waals surface area contributed by atoms with Crippen molar-refractivity contribution in [3.05, 3.63) is 0 Å². The van der Waals surface area contributed by atoms with Gasteiger partial charge in [0.25, 0.3) is 0 Å². The van der Waals surface area contributed by atoms with Gasteiger partial charge in [-0.15, -0.1) is 0 Å². The van der Waals surface area contributed by atoms with Crippen LogP contribution in [0.5, 0.6) is 0 Å². The van der Waals surface area contributed by atoms with Crippen molar-refractivity contribution >= 4 is 6.72 Å². The molecule has 12 heavy (non-hydrogen) atoms. The van der Waals surface area contributed by atoms with Crippen LogP contribution in [0.4, 0.5) is 0 Å². The Kier molecular flexibility index (Phi) is 5.93. The van der Waals surface area contributed by atoms with Crippen LogP contribution in [0.25, 0.3) is 0 Å². The molecule has 0 aromatic rings. The highest BCUT2D eigenvalue weighted by molar-refractivity contribution is 5.22. The Morgan fingerprint density at radius 2 is 1.83 bits per heavy atom. The lowest BCUT2D eigenvalue weighted by atomic mass is 10.2. The lowest BCUT2D eigenvalue weighted by molar-refractivity contribution is -0.0337. The van der Waals surface area contributed by atoms with Gasteiger partial charge in [-0.25, -0.2) is 0 Å². The SMILES string of the molecule is C=NCCOCCOC(C)(C)C. The molecule has 0 amide bonds. The standard InChI is InChI=1S/C9H19NO2/c1-9(2,3)12-8-7-11-6-5-10-4/h4-8H2,1-3H3. The average Bonchev–Trinajstić information content (AvgIpc) is 1.94. The molecular formula is C9H19NO2. The Hall–Kier alpha value is -0.410. The smallest absolute Gasteiger partial charge is 0.0707 e. The Morgan fingerprint density at radius 1 is 1.17 bits per heavy atom. The molecule has 0 atom stereocenters. The van der Waals surface area contributed by atoms with Gasteiger partial charge in [0, 0.05) is 0 Å². The van der Waals surface area contributed by atoms with Crippen LogP contribution in [0.3, 0.4) is 0 Å². The Labute approximate surface area is 74.8 Å². The third-order valence-electron chi connectivity index (χ3n) is 1.16. The summed E-state index contributed by atoms with van der Waals surface area (Å²) in [6, 6.07) is 0. The van der Waals surface area contributed by atoms with Gasteiger partial charge in [0.2, 0.25) is 0 Å². The number of nitrogens with zero attached hydrogens (tertiary/aromatic N) is 1. The largest absolute Gasteiger partial charge is 0.377 e. The summed E-state index contributed by atoms with van der Waals surface area (Å²) in [6.45, 7) is 12.0. The molecule has 0 fully saturated rings. The van der Waals surface area contributed by atoms with E-state index in [-0.39, 0.29) is 5.60 Å². The molecular weight excluding hydrogens is 154 g/mol. The zero-order valence-corrected chi connectivity index (χ0v) is 8.30. The molecule has 72 valence electrons. The molecule has 0 saturated heterocycles. The summed E-state index contributed by atoms with van der Waals surface area (Å²) in [4.78, 5) is 3.67. The molecule has 0 spiro atoms. The number of rotatable bonds is 6. The van der Waals surface area contributed by atoms with Gasteiger partial charge in [-0.3, -0.25) is 4.99 Å². The van der Waals surface area contributed by atoms with Crippen LogP contribution in [0.15, 0.2) is 4.99 Å². The van der Waals surface area contributed by atoms with Crippen LogP contribution in [-0.2, 0) is 9.47 Å². The molecule has 3 nitrogen and oxygen atoms in total. The topological polar surface area (TPSA) is 30.8 Å². The van der Waals surface area contributed by atoms with E-state index in [4.69, 9.17) is 9.47 Å². The quantitative estimate of drug-likeness (QED) is 0.450. The second-order valence-electron chi connectivity index (χ2n) is 3.52. The van der Waals surface area contributed by atoms with E-state index in [9.17, 15) is 0 Å². The predicted octanol–water partition coefficient (Wildman–Crippen LogP) is 1.52. The highest BCUT2D eigenvalue weighted by atomic mass is 16.5. The van der Waals surface area contributed by atoms with Crippen LogP contribution in [0, 0.1) is 0 Å². The molecule has 0 N–H and O–H groups in total. The molecule has 0 saturated carbocycles. The molecule has 0 aliphatic rings. The van der Waals surface area contributed by atoms with E-state index in [1.165, 1.54) is 0 Å². The van der Waals surface area contributed by atoms with Crippen LogP contribution in [0.1, 0.15) is 20.8 Å². The number of hydrogen-bond acceptors (Lipinski definition) is 3. The minimum Gasteiger partial charge on any atom is -0.377 e. The molecule has 0 heterocycles. The number of ether oxygens (including phenoxy) is 2. The zero-order valence-electron chi connectivity index (χ0n) is 8.30. The minimum atomic E-state index is -0.0694. The molecule has 0 aromatic carbocycles. The highest BCUT2D eigenvalue weighted by Gasteiger charge is 2.08. The van der Waals surface area contributed by atoms with Crippen molar-refractivity contribution in [1.29, 1.82) is 0 Å². The fourth-order valence-corrected chi connectivity index (χ4v) is 0.638. The maximum absolute atomic E-state index is 5.44. The average molecular weight is 173 g/mol. The predicted molar refractivity (Wildman–Crippen MR) is 50.9 cm³/mol. The summed E-state index contributed by atoms with van der Waals surface area (Å²) in [5.41, 5.74) is -0.0694. The van der Waals surface area contributed by atoms with Gasteiger partial charge in [0.15, 0.2) is 0 Å². The molecule has 0 bridgehead atoms. The molecule has 3 heteroatoms. The normalized spacial score (nSPS) is 11.6. The summed E-state index contributed by atoms with van der Waals surface area (Å²) in [5, 5.41) is 0. The van der Waals surface area contributed by atoms with Crippen molar-refractivity contribution in [2.45, 2.75) is 26.4 Å². The third kappa shape index (κ3) is 9.59. The molecule has 0 aliphatic heterocycles. The van der Waals surface area contributed by atoms with E-state index >= 15 is 0 Å². The van der Waals surface area contributed by atoms with Crippen molar-refractivity contribution < 1.29 is 9.47 Å². The van der Waals surface area contributed by atoms with Crippen molar-refractivity contribution in [2.75, 3.05) is 26.4 Å². The first-order valence-electron chi connectivity index (χ1n) is 4.20. The highest BCUT2D eigenvalue weighted by Crippen LogP contribution is 2.05. The molecule has 0 aliphatic carbocycles. The molecule has 0 aromatic heterocycles. The Balaban J connectivity index is 3.06. The number of aliphatic imine (C=N–C) groups is 1. The zero-order chi connectivity index (χ0) is 9.45. The van der Waals surface area contributed by atoms with E-state index in [2.05, 4.69) is 11.7 Å². The van der Waals surface area contributed by atoms with Crippen LogP contribution in [-0.4, -0.2) is 38.7 Å². The second-order valence-corrected chi connectivity index (χ2v) is 3.52. The van der Waals surface area contributed by atoms with E-state index in [1.54, 1.807) is 0 Å². The lowest BCUT2D eigenvalue weighted by Crippen LogP contribution is -2.22. The first-order chi connectivity index (χ1) is 5.56. The van der Waals surface area contributed by atoms with Gasteiger partial charge in [-0.05, 0) is 27.5 Å². The minimum absolute atomic E-state index is 0.0694. The maximum Gasteiger partial charge on any atom is 0.0707 e. The van der Waals surface area contributed by atoms with Crippen molar-refractivity contribution in [3.63, 3.8) is 0 Å². The van der Waals surface area contributed by atoms with E-state index in [1.807, 2.05) is 20.8 Å². The Bertz CT molecular complexity index is 118. The monoisotopic (exact) mass is 173 g/mol. The van der Waals surface area contributed by atoms with Gasteiger partial charge in [0.1, 0.15) is 0 Å². The fraction of sp³-hybridized carbons (Fsp3) is 0.889. The molecule has 0 unspecified atom stereocenters. The van der Waals surface area contributed by atoms with Gasteiger partial charge < -0.3 is 9.47 Å². The van der Waals surface area contributed by atoms with Crippen LogP contribution >= 0.6 is 0 Å². The van der Waals surface area contributed by atoms with E-state index in [0.717, 1.165) is 0 Å². The fourth-order valence-electron chi connectivity index (χ4n) is 0.638. The third-order valence-corrected chi connectivity index (χ3v) is 1.16. The summed E-state index contributed by atoms with van der Waals surface area (Å²) in [6.07, 6.45) is 0. The number of hydrogen-bond donors (Lipinski definition) is 0. The summed E-state index contributed by atoms with van der Waals surface area (Å²) in [5.74, 6) is 0. The van der Waals surface area contributed by atoms with Crippen molar-refractivity contribution in [2.24, 2.45) is 4.99 Å². The first kappa shape index (κ1) is 11.6. The first-order valence-corrected chi connectivity index (χ1v) is 4.20.